The lowest BCUT2D eigenvalue weighted by Crippen LogP contribution is -2.32. The molecule has 0 saturated carbocycles. The average Bonchev–Trinajstić information content (AvgIpc) is 3.06. The monoisotopic (exact) mass is 294 g/mol. The van der Waals surface area contributed by atoms with Crippen molar-refractivity contribution in [3.05, 3.63) is 58.5 Å². The summed E-state index contributed by atoms with van der Waals surface area (Å²) in [7, 11) is 0. The molecule has 4 rings (SSSR count). The maximum Gasteiger partial charge on any atom is 0.0665 e. The van der Waals surface area contributed by atoms with Gasteiger partial charge in [-0.2, -0.15) is 11.3 Å². The van der Waals surface area contributed by atoms with Gasteiger partial charge in [-0.3, -0.25) is 4.98 Å². The van der Waals surface area contributed by atoms with Gasteiger partial charge in [-0.15, -0.1) is 0 Å². The van der Waals surface area contributed by atoms with Crippen molar-refractivity contribution in [2.75, 3.05) is 18.0 Å². The van der Waals surface area contributed by atoms with Crippen LogP contribution in [0.5, 0.6) is 0 Å². The van der Waals surface area contributed by atoms with Gasteiger partial charge in [0.15, 0.2) is 0 Å². The predicted molar refractivity (Wildman–Crippen MR) is 90.3 cm³/mol. The van der Waals surface area contributed by atoms with E-state index >= 15 is 0 Å². The standard InChI is InChI=1S/C18H18N2S/c1-2-5-16-15(4-1)12-19-17-6-3-9-20(18(16)17)10-7-14-8-11-21-13-14/h1-2,4-5,8,11-13H,3,6-7,9-10H2. The summed E-state index contributed by atoms with van der Waals surface area (Å²) < 4.78 is 0. The summed E-state index contributed by atoms with van der Waals surface area (Å²) in [5.74, 6) is 0. The number of hydrogen-bond acceptors (Lipinski definition) is 3. The van der Waals surface area contributed by atoms with E-state index in [0.717, 1.165) is 25.9 Å². The molecule has 0 aliphatic carbocycles. The second kappa shape index (κ2) is 5.49. The summed E-state index contributed by atoms with van der Waals surface area (Å²) in [6.45, 7) is 2.23. The number of anilines is 1. The minimum Gasteiger partial charge on any atom is -0.369 e. The Morgan fingerprint density at radius 1 is 1.19 bits per heavy atom. The van der Waals surface area contributed by atoms with Crippen molar-refractivity contribution in [2.24, 2.45) is 0 Å². The average molecular weight is 294 g/mol. The quantitative estimate of drug-likeness (QED) is 0.716. The number of benzene rings is 1. The van der Waals surface area contributed by atoms with Gasteiger partial charge in [-0.25, -0.2) is 0 Å². The molecule has 106 valence electrons. The lowest BCUT2D eigenvalue weighted by molar-refractivity contribution is 0.679. The highest BCUT2D eigenvalue weighted by atomic mass is 32.1. The van der Waals surface area contributed by atoms with Crippen molar-refractivity contribution in [3.63, 3.8) is 0 Å². The van der Waals surface area contributed by atoms with Crippen molar-refractivity contribution >= 4 is 27.8 Å². The van der Waals surface area contributed by atoms with E-state index in [1.165, 1.54) is 34.1 Å². The zero-order chi connectivity index (χ0) is 14.1. The summed E-state index contributed by atoms with van der Waals surface area (Å²) in [5, 5.41) is 7.02. The summed E-state index contributed by atoms with van der Waals surface area (Å²) >= 11 is 1.78. The van der Waals surface area contributed by atoms with Crippen molar-refractivity contribution in [3.8, 4) is 0 Å². The molecule has 0 N–H and O–H groups in total. The van der Waals surface area contributed by atoms with Gasteiger partial charge in [-0.1, -0.05) is 24.3 Å². The van der Waals surface area contributed by atoms with E-state index in [-0.39, 0.29) is 0 Å². The smallest absolute Gasteiger partial charge is 0.0665 e. The largest absolute Gasteiger partial charge is 0.369 e. The van der Waals surface area contributed by atoms with E-state index in [9.17, 15) is 0 Å². The number of hydrogen-bond donors (Lipinski definition) is 0. The Hall–Kier alpha value is -1.87. The number of aryl methyl sites for hydroxylation is 1. The number of nitrogens with zero attached hydrogens (tertiary/aromatic N) is 2. The van der Waals surface area contributed by atoms with Crippen LogP contribution in [0.1, 0.15) is 17.7 Å². The molecule has 3 heteroatoms. The van der Waals surface area contributed by atoms with Crippen LogP contribution in [0.2, 0.25) is 0 Å². The third kappa shape index (κ3) is 2.42. The second-order valence-electron chi connectivity index (χ2n) is 5.61. The van der Waals surface area contributed by atoms with Crippen LogP contribution in [0.3, 0.4) is 0 Å². The van der Waals surface area contributed by atoms with Crippen LogP contribution in [-0.4, -0.2) is 18.1 Å². The van der Waals surface area contributed by atoms with Crippen LogP contribution in [0.15, 0.2) is 47.3 Å². The lowest BCUT2D eigenvalue weighted by Gasteiger charge is -2.31. The van der Waals surface area contributed by atoms with Gasteiger partial charge in [-0.05, 0) is 41.7 Å². The topological polar surface area (TPSA) is 16.1 Å². The third-order valence-corrected chi connectivity index (χ3v) is 4.99. The maximum absolute atomic E-state index is 4.70. The van der Waals surface area contributed by atoms with E-state index in [2.05, 4.69) is 46.0 Å². The molecule has 1 aliphatic heterocycles. The van der Waals surface area contributed by atoms with Crippen LogP contribution in [0.4, 0.5) is 5.69 Å². The van der Waals surface area contributed by atoms with Gasteiger partial charge in [0.1, 0.15) is 0 Å². The number of thiophene rings is 1. The molecule has 0 saturated heterocycles. The van der Waals surface area contributed by atoms with E-state index in [4.69, 9.17) is 4.98 Å². The van der Waals surface area contributed by atoms with Gasteiger partial charge in [0.25, 0.3) is 0 Å². The van der Waals surface area contributed by atoms with Gasteiger partial charge in [0.05, 0.1) is 11.4 Å². The van der Waals surface area contributed by atoms with Gasteiger partial charge >= 0.3 is 0 Å². The fraction of sp³-hybridized carbons (Fsp3) is 0.278. The summed E-state index contributed by atoms with van der Waals surface area (Å²) in [6.07, 6.45) is 5.46. The zero-order valence-electron chi connectivity index (χ0n) is 12.0. The van der Waals surface area contributed by atoms with Crippen LogP contribution < -0.4 is 4.90 Å². The highest BCUT2D eigenvalue weighted by molar-refractivity contribution is 7.07. The van der Waals surface area contributed by atoms with Crippen molar-refractivity contribution in [1.29, 1.82) is 0 Å². The van der Waals surface area contributed by atoms with Crippen LogP contribution in [-0.2, 0) is 12.8 Å². The molecule has 3 heterocycles. The molecule has 0 atom stereocenters. The van der Waals surface area contributed by atoms with Crippen LogP contribution in [0.25, 0.3) is 10.8 Å². The fourth-order valence-electron chi connectivity index (χ4n) is 3.20. The van der Waals surface area contributed by atoms with Crippen LogP contribution in [0, 0.1) is 0 Å². The molecule has 0 unspecified atom stereocenters. The zero-order valence-corrected chi connectivity index (χ0v) is 12.8. The van der Waals surface area contributed by atoms with Crippen molar-refractivity contribution in [2.45, 2.75) is 19.3 Å². The van der Waals surface area contributed by atoms with Crippen molar-refractivity contribution in [1.82, 2.24) is 4.98 Å². The van der Waals surface area contributed by atoms with Gasteiger partial charge in [0, 0.05) is 30.1 Å². The number of fused-ring (bicyclic) bond motifs is 3. The van der Waals surface area contributed by atoms with Crippen molar-refractivity contribution < 1.29 is 0 Å². The molecule has 0 bridgehead atoms. The van der Waals surface area contributed by atoms with E-state index in [1.807, 2.05) is 6.20 Å². The second-order valence-corrected chi connectivity index (χ2v) is 6.39. The summed E-state index contributed by atoms with van der Waals surface area (Å²) in [5.41, 5.74) is 4.08. The third-order valence-electron chi connectivity index (χ3n) is 4.26. The Labute approximate surface area is 129 Å². The van der Waals surface area contributed by atoms with Gasteiger partial charge < -0.3 is 4.90 Å². The first-order valence-corrected chi connectivity index (χ1v) is 8.49. The molecule has 1 aromatic carbocycles. The maximum atomic E-state index is 4.70. The SMILES string of the molecule is c1ccc2c3c(ncc2c1)CCCN3CCc1ccsc1. The molecular formula is C18H18N2S. The molecule has 1 aliphatic rings. The Morgan fingerprint density at radius 3 is 3.05 bits per heavy atom. The number of aromatic nitrogens is 1. The molecular weight excluding hydrogens is 276 g/mol. The van der Waals surface area contributed by atoms with E-state index in [0.29, 0.717) is 0 Å². The molecule has 21 heavy (non-hydrogen) atoms. The summed E-state index contributed by atoms with van der Waals surface area (Å²) in [4.78, 5) is 7.24. The Morgan fingerprint density at radius 2 is 2.14 bits per heavy atom. The number of rotatable bonds is 3. The highest BCUT2D eigenvalue weighted by Crippen LogP contribution is 2.33. The highest BCUT2D eigenvalue weighted by Gasteiger charge is 2.20. The first-order chi connectivity index (χ1) is 10.4. The molecule has 2 nitrogen and oxygen atoms in total. The lowest BCUT2D eigenvalue weighted by atomic mass is 10.0. The minimum atomic E-state index is 1.08. The first-order valence-electron chi connectivity index (χ1n) is 7.54. The molecule has 0 radical (unpaired) electrons. The van der Waals surface area contributed by atoms with E-state index in [1.54, 1.807) is 11.3 Å². The molecule has 0 spiro atoms. The number of pyridine rings is 1. The van der Waals surface area contributed by atoms with Crippen LogP contribution >= 0.6 is 11.3 Å². The van der Waals surface area contributed by atoms with E-state index < -0.39 is 0 Å². The van der Waals surface area contributed by atoms with Gasteiger partial charge in [0.2, 0.25) is 0 Å². The molecule has 2 aromatic heterocycles. The fourth-order valence-corrected chi connectivity index (χ4v) is 3.90. The Kier molecular flexibility index (Phi) is 3.36. The predicted octanol–water partition coefficient (Wildman–Crippen LogP) is 4.29. The normalized spacial score (nSPS) is 14.4. The summed E-state index contributed by atoms with van der Waals surface area (Å²) in [6, 6.07) is 10.9. The first kappa shape index (κ1) is 12.8. The molecule has 3 aromatic rings. The molecule has 0 fully saturated rings. The molecule has 0 amide bonds. The Bertz CT molecular complexity index is 749. The Balaban J connectivity index is 1.70. The minimum absolute atomic E-state index is 1.08.